The van der Waals surface area contributed by atoms with E-state index in [1.54, 1.807) is 6.08 Å². The number of allylic oxidation sites excluding steroid dienone is 23. The lowest BCUT2D eigenvalue weighted by molar-refractivity contribution is -0.161. The molecule has 0 heterocycles. The summed E-state index contributed by atoms with van der Waals surface area (Å²) in [4.78, 5) is 72.7. The van der Waals surface area contributed by atoms with Crippen molar-refractivity contribution in [1.82, 2.24) is 0 Å². The first-order valence-corrected chi connectivity index (χ1v) is 41.1. The van der Waals surface area contributed by atoms with E-state index in [2.05, 4.69) is 149 Å². The quantitative estimate of drug-likeness (QED) is 0.0169. The SMILES string of the molecule is CC/C=C\C/C=C\C/C=C\C/C=C\C/C=C\CC(=O)OCC(COP(=O)(O)OCC(O)COP(=O)(O)OCC(COC(=O)CCCCCCCC/C=C\C/C=C\C/C=C\CCCCC)OC(=O)CCCC/C=C\C/C=C\C/C=C\C/C=C\CC)OC(=O)CCCCCCCCCCCCC. The van der Waals surface area contributed by atoms with Gasteiger partial charge in [0, 0.05) is 19.3 Å². The summed E-state index contributed by atoms with van der Waals surface area (Å²) < 4.78 is 68.3. The van der Waals surface area contributed by atoms with E-state index in [1.165, 1.54) is 57.8 Å². The molecule has 0 saturated heterocycles. The first-order chi connectivity index (χ1) is 48.7. The maximum atomic E-state index is 13.1. The van der Waals surface area contributed by atoms with Gasteiger partial charge >= 0.3 is 39.5 Å². The zero-order chi connectivity index (χ0) is 73.2. The van der Waals surface area contributed by atoms with Crippen LogP contribution >= 0.6 is 15.6 Å². The van der Waals surface area contributed by atoms with Gasteiger partial charge in [0.05, 0.1) is 32.8 Å². The first-order valence-electron chi connectivity index (χ1n) is 38.1. The van der Waals surface area contributed by atoms with Gasteiger partial charge in [0.2, 0.25) is 0 Å². The molecular weight excluding hydrogens is 1310 g/mol. The summed E-state index contributed by atoms with van der Waals surface area (Å²) in [7, 11) is -10.00. The summed E-state index contributed by atoms with van der Waals surface area (Å²) in [6, 6.07) is 0. The number of aliphatic hydroxyl groups excluding tert-OH is 1. The van der Waals surface area contributed by atoms with Crippen LogP contribution in [0.2, 0.25) is 0 Å². The Labute approximate surface area is 605 Å². The third kappa shape index (κ3) is 71.3. The van der Waals surface area contributed by atoms with Crippen LogP contribution in [-0.4, -0.2) is 96.7 Å². The van der Waals surface area contributed by atoms with Crippen LogP contribution in [0.3, 0.4) is 0 Å². The van der Waals surface area contributed by atoms with Gasteiger partial charge in [0.1, 0.15) is 19.3 Å². The molecule has 5 unspecified atom stereocenters. The van der Waals surface area contributed by atoms with Crippen LogP contribution in [0, 0.1) is 0 Å². The third-order valence-corrected chi connectivity index (χ3v) is 17.2. The molecule has 0 spiro atoms. The van der Waals surface area contributed by atoms with E-state index < -0.39 is 97.5 Å². The highest BCUT2D eigenvalue weighted by atomic mass is 31.2. The topological polar surface area (TPSA) is 237 Å². The van der Waals surface area contributed by atoms with E-state index in [1.807, 2.05) is 18.2 Å². The minimum atomic E-state index is -5.00. The highest BCUT2D eigenvalue weighted by molar-refractivity contribution is 7.47. The highest BCUT2D eigenvalue weighted by Crippen LogP contribution is 2.45. The van der Waals surface area contributed by atoms with Crippen LogP contribution in [-0.2, 0) is 65.4 Å². The zero-order valence-corrected chi connectivity index (χ0v) is 63.9. The second-order valence-corrected chi connectivity index (χ2v) is 27.8. The molecule has 0 rings (SSSR count). The van der Waals surface area contributed by atoms with Gasteiger partial charge < -0.3 is 33.8 Å². The predicted octanol–water partition coefficient (Wildman–Crippen LogP) is 21.9. The number of aliphatic hydroxyl groups is 1. The van der Waals surface area contributed by atoms with E-state index in [4.69, 9.17) is 37.0 Å². The van der Waals surface area contributed by atoms with Gasteiger partial charge in [0.25, 0.3) is 0 Å². The van der Waals surface area contributed by atoms with Crippen molar-refractivity contribution in [3.05, 3.63) is 146 Å². The van der Waals surface area contributed by atoms with Gasteiger partial charge in [-0.3, -0.25) is 37.3 Å². The maximum Gasteiger partial charge on any atom is 0.472 e. The van der Waals surface area contributed by atoms with Crippen molar-refractivity contribution in [2.24, 2.45) is 0 Å². The van der Waals surface area contributed by atoms with E-state index >= 15 is 0 Å². The Morgan fingerprint density at radius 1 is 0.300 bits per heavy atom. The Hall–Kier alpha value is -5.06. The summed E-state index contributed by atoms with van der Waals surface area (Å²) in [5.74, 6) is -2.39. The average Bonchev–Trinajstić information content (AvgIpc) is 0.945. The Balaban J connectivity index is 5.43. The minimum Gasteiger partial charge on any atom is -0.462 e. The van der Waals surface area contributed by atoms with Crippen LogP contribution in [0.1, 0.15) is 285 Å². The number of esters is 4. The second-order valence-electron chi connectivity index (χ2n) is 24.8. The standard InChI is InChI=1S/C81H134O17P2/c1-5-9-13-17-21-25-29-32-35-36-37-38-41-43-47-50-54-58-62-66-79(84)92-72-77(98-81(86)68-64-60-56-52-48-44-40-34-31-27-23-19-15-11-7-3)74-96-100(89,90)94-70-75(82)69-93-99(87,88)95-73-76(97-80(85)67-63-59-55-51-45-28-24-20-16-12-8-4)71-91-78(83)65-61-57-53-49-46-42-39-33-30-26-22-18-14-10-6-2/h10-11,14-15,21-23,25-27,32-35,37-40,46,48-49,52,57,61,75-77,82H,5-9,12-13,16-20,24,28-31,36,41-45,47,50-51,53-56,58-60,62-74H2,1-4H3,(H,87,88)(H,89,90)/b14-10-,15-11-,25-21-,26-22-,27-23-,35-32-,38-37-,39-33-,40-34-,49-46-,52-48-,61-57-. The molecule has 0 aromatic rings. The molecular formula is C81H134O17P2. The Kier molecular flexibility index (Phi) is 68.6. The molecule has 3 N–H and O–H groups in total. The summed E-state index contributed by atoms with van der Waals surface area (Å²) >= 11 is 0. The monoisotopic (exact) mass is 1440 g/mol. The Bertz CT molecular complexity index is 2470. The number of unbranched alkanes of at least 4 members (excludes halogenated alkanes) is 21. The lowest BCUT2D eigenvalue weighted by Crippen LogP contribution is -2.30. The molecule has 570 valence electrons. The molecule has 0 aliphatic heterocycles. The Morgan fingerprint density at radius 2 is 0.560 bits per heavy atom. The fourth-order valence-corrected chi connectivity index (χ4v) is 11.2. The number of phosphoric ester groups is 2. The van der Waals surface area contributed by atoms with Crippen LogP contribution in [0.15, 0.2) is 146 Å². The van der Waals surface area contributed by atoms with E-state index in [9.17, 15) is 43.2 Å². The molecule has 0 aliphatic carbocycles. The van der Waals surface area contributed by atoms with Crippen LogP contribution in [0.4, 0.5) is 0 Å². The van der Waals surface area contributed by atoms with E-state index in [0.29, 0.717) is 32.1 Å². The summed E-state index contributed by atoms with van der Waals surface area (Å²) in [5, 5.41) is 10.6. The summed E-state index contributed by atoms with van der Waals surface area (Å²) in [6.07, 6.45) is 81.6. The van der Waals surface area contributed by atoms with Crippen molar-refractivity contribution in [1.29, 1.82) is 0 Å². The number of hydrogen-bond acceptors (Lipinski definition) is 15. The summed E-state index contributed by atoms with van der Waals surface area (Å²) in [6.45, 7) is 4.41. The van der Waals surface area contributed by atoms with Gasteiger partial charge in [-0.1, -0.05) is 276 Å². The second kappa shape index (κ2) is 72.3. The molecule has 0 aromatic carbocycles. The van der Waals surface area contributed by atoms with E-state index in [0.717, 1.165) is 141 Å². The number of rotatable bonds is 70. The molecule has 0 fully saturated rings. The van der Waals surface area contributed by atoms with Crippen molar-refractivity contribution in [2.45, 2.75) is 303 Å². The first kappa shape index (κ1) is 94.9. The van der Waals surface area contributed by atoms with E-state index in [-0.39, 0.29) is 25.7 Å². The molecule has 0 aliphatic rings. The van der Waals surface area contributed by atoms with Crippen molar-refractivity contribution in [2.75, 3.05) is 39.6 Å². The maximum absolute atomic E-state index is 13.1. The van der Waals surface area contributed by atoms with Gasteiger partial charge in [0.15, 0.2) is 12.2 Å². The van der Waals surface area contributed by atoms with Gasteiger partial charge in [-0.2, -0.15) is 0 Å². The normalized spacial score (nSPS) is 14.8. The molecule has 0 amide bonds. The number of ether oxygens (including phenoxy) is 4. The van der Waals surface area contributed by atoms with Crippen molar-refractivity contribution in [3.8, 4) is 0 Å². The lowest BCUT2D eigenvalue weighted by atomic mass is 10.1. The minimum absolute atomic E-state index is 0.0338. The molecule has 19 heteroatoms. The summed E-state index contributed by atoms with van der Waals surface area (Å²) in [5.41, 5.74) is 0. The number of hydrogen-bond donors (Lipinski definition) is 3. The molecule has 0 radical (unpaired) electrons. The predicted molar refractivity (Wildman–Crippen MR) is 408 cm³/mol. The number of carbonyl (C=O) groups is 4. The van der Waals surface area contributed by atoms with Gasteiger partial charge in [-0.05, 0) is 128 Å². The van der Waals surface area contributed by atoms with Crippen LogP contribution in [0.5, 0.6) is 0 Å². The van der Waals surface area contributed by atoms with Crippen molar-refractivity contribution in [3.63, 3.8) is 0 Å². The zero-order valence-electron chi connectivity index (χ0n) is 62.1. The lowest BCUT2D eigenvalue weighted by Gasteiger charge is -2.21. The molecule has 0 bridgehead atoms. The number of phosphoric acid groups is 2. The average molecular weight is 1440 g/mol. The van der Waals surface area contributed by atoms with Crippen LogP contribution < -0.4 is 0 Å². The molecule has 17 nitrogen and oxygen atoms in total. The molecule has 0 aromatic heterocycles. The van der Waals surface area contributed by atoms with Gasteiger partial charge in [-0.25, -0.2) is 9.13 Å². The fraction of sp³-hybridized carbons (Fsp3) is 0.654. The third-order valence-electron chi connectivity index (χ3n) is 15.3. The van der Waals surface area contributed by atoms with Crippen molar-refractivity contribution < 1.29 is 80.2 Å². The molecule has 5 atom stereocenters. The largest absolute Gasteiger partial charge is 0.472 e. The molecule has 0 saturated carbocycles. The van der Waals surface area contributed by atoms with Gasteiger partial charge in [-0.15, -0.1) is 0 Å². The van der Waals surface area contributed by atoms with Crippen molar-refractivity contribution >= 4 is 39.5 Å². The number of carbonyl (C=O) groups excluding carboxylic acids is 4. The van der Waals surface area contributed by atoms with Crippen LogP contribution in [0.25, 0.3) is 0 Å². The Morgan fingerprint density at radius 3 is 0.930 bits per heavy atom. The molecule has 100 heavy (non-hydrogen) atoms. The smallest absolute Gasteiger partial charge is 0.462 e. The highest BCUT2D eigenvalue weighted by Gasteiger charge is 2.30. The fourth-order valence-electron chi connectivity index (χ4n) is 9.58.